The number of pyridine rings is 1. The number of nitrogens with one attached hydrogen (secondary N) is 1. The Morgan fingerprint density at radius 3 is 3.06 bits per heavy atom. The van der Waals surface area contributed by atoms with E-state index in [0.717, 1.165) is 10.7 Å². The van der Waals surface area contributed by atoms with Gasteiger partial charge in [0.05, 0.1) is 12.2 Å². The minimum Gasteiger partial charge on any atom is -0.376 e. The Labute approximate surface area is 97.6 Å². The summed E-state index contributed by atoms with van der Waals surface area (Å²) >= 11 is 1.64. The van der Waals surface area contributed by atoms with Gasteiger partial charge in [-0.3, -0.25) is 0 Å². The minimum absolute atomic E-state index is 0.413. The van der Waals surface area contributed by atoms with Crippen LogP contribution in [0.25, 0.3) is 0 Å². The van der Waals surface area contributed by atoms with Gasteiger partial charge >= 0.3 is 0 Å². The standard InChI is InChI=1S/C11H10N4S/c1-8-6-15-11(16-8)7-14-9-3-2-4-13-10(9)5-12/h2-4,6,14H,7H2,1H3. The lowest BCUT2D eigenvalue weighted by Gasteiger charge is -2.04. The first-order valence-electron chi connectivity index (χ1n) is 4.80. The average molecular weight is 230 g/mol. The van der Waals surface area contributed by atoms with Crippen molar-refractivity contribution in [3.05, 3.63) is 40.1 Å². The fourth-order valence-corrected chi connectivity index (χ4v) is 2.02. The first kappa shape index (κ1) is 10.6. The maximum atomic E-state index is 8.85. The van der Waals surface area contributed by atoms with Crippen LogP contribution in [0.15, 0.2) is 24.5 Å². The van der Waals surface area contributed by atoms with Crippen molar-refractivity contribution in [2.45, 2.75) is 13.5 Å². The largest absolute Gasteiger partial charge is 0.376 e. The normalized spacial score (nSPS) is 9.75. The lowest BCUT2D eigenvalue weighted by Crippen LogP contribution is -2.01. The van der Waals surface area contributed by atoms with Crippen LogP contribution in [0.3, 0.4) is 0 Å². The van der Waals surface area contributed by atoms with Crippen LogP contribution in [0, 0.1) is 18.3 Å². The van der Waals surface area contributed by atoms with Gasteiger partial charge < -0.3 is 5.32 Å². The van der Waals surface area contributed by atoms with E-state index in [9.17, 15) is 0 Å². The Morgan fingerprint density at radius 1 is 1.50 bits per heavy atom. The number of aromatic nitrogens is 2. The molecule has 2 heterocycles. The zero-order chi connectivity index (χ0) is 11.4. The SMILES string of the molecule is Cc1cnc(CNc2cccnc2C#N)s1. The third-order valence-electron chi connectivity index (χ3n) is 2.01. The summed E-state index contributed by atoms with van der Waals surface area (Å²) in [6.07, 6.45) is 3.45. The van der Waals surface area contributed by atoms with Gasteiger partial charge in [-0.15, -0.1) is 11.3 Å². The van der Waals surface area contributed by atoms with Gasteiger partial charge in [0.15, 0.2) is 5.69 Å². The van der Waals surface area contributed by atoms with Crippen LogP contribution < -0.4 is 5.32 Å². The van der Waals surface area contributed by atoms with Gasteiger partial charge in [0.1, 0.15) is 11.1 Å². The van der Waals surface area contributed by atoms with Crippen molar-refractivity contribution in [3.8, 4) is 6.07 Å². The monoisotopic (exact) mass is 230 g/mol. The van der Waals surface area contributed by atoms with E-state index in [4.69, 9.17) is 5.26 Å². The van der Waals surface area contributed by atoms with E-state index in [1.807, 2.05) is 25.3 Å². The molecule has 5 heteroatoms. The van der Waals surface area contributed by atoms with Crippen LogP contribution in [0.1, 0.15) is 15.6 Å². The number of hydrogen-bond acceptors (Lipinski definition) is 5. The van der Waals surface area contributed by atoms with Gasteiger partial charge in [-0.1, -0.05) is 0 Å². The molecule has 0 spiro atoms. The fraction of sp³-hybridized carbons (Fsp3) is 0.182. The first-order chi connectivity index (χ1) is 7.79. The minimum atomic E-state index is 0.413. The lowest BCUT2D eigenvalue weighted by molar-refractivity contribution is 1.09. The Kier molecular flexibility index (Phi) is 3.13. The predicted octanol–water partition coefficient (Wildman–Crippen LogP) is 2.33. The van der Waals surface area contributed by atoms with Crippen LogP contribution >= 0.6 is 11.3 Å². The van der Waals surface area contributed by atoms with Crippen LogP contribution in [0.5, 0.6) is 0 Å². The molecule has 2 rings (SSSR count). The summed E-state index contributed by atoms with van der Waals surface area (Å²) < 4.78 is 0. The molecule has 4 nitrogen and oxygen atoms in total. The van der Waals surface area contributed by atoms with Crippen molar-refractivity contribution in [1.82, 2.24) is 9.97 Å². The van der Waals surface area contributed by atoms with E-state index >= 15 is 0 Å². The Balaban J connectivity index is 2.08. The molecule has 0 aliphatic heterocycles. The van der Waals surface area contributed by atoms with Gasteiger partial charge in [0, 0.05) is 17.3 Å². The van der Waals surface area contributed by atoms with Gasteiger partial charge in [0.2, 0.25) is 0 Å². The number of nitriles is 1. The van der Waals surface area contributed by atoms with Gasteiger partial charge in [0.25, 0.3) is 0 Å². The fourth-order valence-electron chi connectivity index (χ4n) is 1.29. The second-order valence-electron chi connectivity index (χ2n) is 3.23. The smallest absolute Gasteiger partial charge is 0.163 e. The van der Waals surface area contributed by atoms with E-state index in [1.54, 1.807) is 23.6 Å². The topological polar surface area (TPSA) is 61.6 Å². The molecule has 0 amide bonds. The molecule has 0 unspecified atom stereocenters. The van der Waals surface area contributed by atoms with Crippen molar-refractivity contribution >= 4 is 17.0 Å². The molecular formula is C11H10N4S. The highest BCUT2D eigenvalue weighted by molar-refractivity contribution is 7.11. The maximum absolute atomic E-state index is 8.85. The Hall–Kier alpha value is -1.93. The molecule has 0 saturated heterocycles. The molecule has 0 radical (unpaired) electrons. The molecule has 2 aromatic heterocycles. The van der Waals surface area contributed by atoms with Crippen molar-refractivity contribution in [2.24, 2.45) is 0 Å². The van der Waals surface area contributed by atoms with Crippen LogP contribution in [0.2, 0.25) is 0 Å². The van der Waals surface area contributed by atoms with Crippen molar-refractivity contribution in [2.75, 3.05) is 5.32 Å². The van der Waals surface area contributed by atoms with Crippen LogP contribution in [-0.2, 0) is 6.54 Å². The van der Waals surface area contributed by atoms with E-state index in [-0.39, 0.29) is 0 Å². The molecule has 2 aromatic rings. The highest BCUT2D eigenvalue weighted by atomic mass is 32.1. The molecular weight excluding hydrogens is 220 g/mol. The van der Waals surface area contributed by atoms with Gasteiger partial charge in [-0.2, -0.15) is 5.26 Å². The Morgan fingerprint density at radius 2 is 2.38 bits per heavy atom. The second-order valence-corrected chi connectivity index (χ2v) is 4.55. The lowest BCUT2D eigenvalue weighted by atomic mass is 10.3. The summed E-state index contributed by atoms with van der Waals surface area (Å²) in [5, 5.41) is 13.0. The molecule has 0 saturated carbocycles. The summed E-state index contributed by atoms with van der Waals surface area (Å²) in [5.74, 6) is 0. The van der Waals surface area contributed by atoms with Gasteiger partial charge in [-0.25, -0.2) is 9.97 Å². The van der Waals surface area contributed by atoms with Crippen LogP contribution in [-0.4, -0.2) is 9.97 Å². The molecule has 16 heavy (non-hydrogen) atoms. The summed E-state index contributed by atoms with van der Waals surface area (Å²) in [6, 6.07) is 5.69. The Bertz CT molecular complexity index is 527. The van der Waals surface area contributed by atoms with E-state index in [1.165, 1.54) is 4.88 Å². The van der Waals surface area contributed by atoms with E-state index < -0.39 is 0 Å². The third-order valence-corrected chi connectivity index (χ3v) is 2.93. The molecule has 1 N–H and O–H groups in total. The maximum Gasteiger partial charge on any atom is 0.163 e. The second kappa shape index (κ2) is 4.73. The quantitative estimate of drug-likeness (QED) is 0.879. The first-order valence-corrected chi connectivity index (χ1v) is 5.61. The zero-order valence-corrected chi connectivity index (χ0v) is 9.58. The number of nitrogens with zero attached hydrogens (tertiary/aromatic N) is 3. The highest BCUT2D eigenvalue weighted by Gasteiger charge is 2.03. The van der Waals surface area contributed by atoms with E-state index in [2.05, 4.69) is 15.3 Å². The molecule has 0 aromatic carbocycles. The number of aryl methyl sites for hydroxylation is 1. The summed E-state index contributed by atoms with van der Waals surface area (Å²) in [7, 11) is 0. The molecule has 0 fully saturated rings. The molecule has 80 valence electrons. The molecule has 0 aliphatic carbocycles. The van der Waals surface area contributed by atoms with Crippen molar-refractivity contribution in [3.63, 3.8) is 0 Å². The van der Waals surface area contributed by atoms with Crippen molar-refractivity contribution < 1.29 is 0 Å². The van der Waals surface area contributed by atoms with Gasteiger partial charge in [-0.05, 0) is 19.1 Å². The summed E-state index contributed by atoms with van der Waals surface area (Å²) in [4.78, 5) is 9.40. The molecule has 0 bridgehead atoms. The number of rotatable bonds is 3. The molecule has 0 atom stereocenters. The number of anilines is 1. The molecule has 0 aliphatic rings. The number of hydrogen-bond donors (Lipinski definition) is 1. The number of thiazole rings is 1. The zero-order valence-electron chi connectivity index (χ0n) is 8.77. The summed E-state index contributed by atoms with van der Waals surface area (Å²) in [6.45, 7) is 2.64. The third kappa shape index (κ3) is 2.35. The predicted molar refractivity (Wildman–Crippen MR) is 63.1 cm³/mol. The van der Waals surface area contributed by atoms with E-state index in [0.29, 0.717) is 12.2 Å². The van der Waals surface area contributed by atoms with Crippen molar-refractivity contribution in [1.29, 1.82) is 5.26 Å². The summed E-state index contributed by atoms with van der Waals surface area (Å²) in [5.41, 5.74) is 1.16. The van der Waals surface area contributed by atoms with Crippen LogP contribution in [0.4, 0.5) is 5.69 Å². The highest BCUT2D eigenvalue weighted by Crippen LogP contribution is 2.15. The average Bonchev–Trinajstić information content (AvgIpc) is 2.73.